The van der Waals surface area contributed by atoms with Crippen LogP contribution in [0.2, 0.25) is 0 Å². The number of rotatable bonds is 4. The summed E-state index contributed by atoms with van der Waals surface area (Å²) in [6, 6.07) is 2.11. The smallest absolute Gasteiger partial charge is 0.215 e. The minimum atomic E-state index is 0.128. The molecular weight excluding hydrogens is 188 g/mol. The van der Waals surface area contributed by atoms with Gasteiger partial charge in [0.2, 0.25) is 5.88 Å². The molecule has 0 amide bonds. The van der Waals surface area contributed by atoms with Crippen LogP contribution in [0.5, 0.6) is 5.88 Å². The molecule has 0 bridgehead atoms. The normalized spacial score (nSPS) is 11.5. The van der Waals surface area contributed by atoms with E-state index in [1.807, 2.05) is 13.1 Å². The zero-order valence-electron chi connectivity index (χ0n) is 10.0. The van der Waals surface area contributed by atoms with Crippen molar-refractivity contribution in [3.63, 3.8) is 0 Å². The lowest BCUT2D eigenvalue weighted by molar-refractivity contribution is 0.373. The molecule has 1 heterocycles. The van der Waals surface area contributed by atoms with E-state index in [2.05, 4.69) is 24.9 Å². The van der Waals surface area contributed by atoms with Crippen LogP contribution >= 0.6 is 0 Å². The van der Waals surface area contributed by atoms with Gasteiger partial charge in [-0.2, -0.15) is 0 Å². The van der Waals surface area contributed by atoms with E-state index in [0.29, 0.717) is 12.4 Å². The van der Waals surface area contributed by atoms with Gasteiger partial charge in [-0.25, -0.2) is 4.98 Å². The monoisotopic (exact) mass is 208 g/mol. The molecule has 0 aliphatic heterocycles. The van der Waals surface area contributed by atoms with Crippen LogP contribution in [-0.4, -0.2) is 18.6 Å². The van der Waals surface area contributed by atoms with E-state index in [9.17, 15) is 0 Å². The first-order chi connectivity index (χ1) is 6.98. The molecule has 15 heavy (non-hydrogen) atoms. The van der Waals surface area contributed by atoms with Gasteiger partial charge in [0.1, 0.15) is 0 Å². The van der Waals surface area contributed by atoms with Gasteiger partial charge in [0, 0.05) is 11.8 Å². The van der Waals surface area contributed by atoms with E-state index in [4.69, 9.17) is 10.5 Å². The van der Waals surface area contributed by atoms with Crippen molar-refractivity contribution in [1.82, 2.24) is 4.98 Å². The Kier molecular flexibility index (Phi) is 3.69. The van der Waals surface area contributed by atoms with E-state index >= 15 is 0 Å². The molecule has 0 atom stereocenters. The standard InChI is InChI=1S/C12H20N2O/c1-9-5-10(6-12(2,3)8-13)7-14-11(9)15-4/h5,7H,6,8,13H2,1-4H3. The Balaban J connectivity index is 2.84. The summed E-state index contributed by atoms with van der Waals surface area (Å²) < 4.78 is 5.12. The van der Waals surface area contributed by atoms with E-state index in [0.717, 1.165) is 12.0 Å². The molecule has 0 aromatic carbocycles. The Morgan fingerprint density at radius 3 is 2.60 bits per heavy atom. The summed E-state index contributed by atoms with van der Waals surface area (Å²) in [5.41, 5.74) is 8.11. The average Bonchev–Trinajstić information content (AvgIpc) is 2.17. The number of aryl methyl sites for hydroxylation is 1. The number of ether oxygens (including phenoxy) is 1. The van der Waals surface area contributed by atoms with Crippen molar-refractivity contribution < 1.29 is 4.74 Å². The van der Waals surface area contributed by atoms with Crippen molar-refractivity contribution in [3.8, 4) is 5.88 Å². The fourth-order valence-corrected chi connectivity index (χ4v) is 1.56. The van der Waals surface area contributed by atoms with Gasteiger partial charge in [-0.1, -0.05) is 13.8 Å². The number of pyridine rings is 1. The topological polar surface area (TPSA) is 48.1 Å². The van der Waals surface area contributed by atoms with Gasteiger partial charge in [-0.05, 0) is 36.9 Å². The first kappa shape index (κ1) is 12.0. The van der Waals surface area contributed by atoms with Crippen molar-refractivity contribution in [2.45, 2.75) is 27.2 Å². The van der Waals surface area contributed by atoms with E-state index in [1.165, 1.54) is 5.56 Å². The lowest BCUT2D eigenvalue weighted by Crippen LogP contribution is -2.26. The molecule has 1 rings (SSSR count). The number of hydrogen-bond acceptors (Lipinski definition) is 3. The predicted octanol–water partition coefficient (Wildman–Crippen LogP) is 1.93. The molecular formula is C12H20N2O. The number of nitrogens with zero attached hydrogens (tertiary/aromatic N) is 1. The van der Waals surface area contributed by atoms with Crippen molar-refractivity contribution in [2.24, 2.45) is 11.1 Å². The lowest BCUT2D eigenvalue weighted by Gasteiger charge is -2.22. The summed E-state index contributed by atoms with van der Waals surface area (Å²) >= 11 is 0. The highest BCUT2D eigenvalue weighted by atomic mass is 16.5. The fraction of sp³-hybridized carbons (Fsp3) is 0.583. The summed E-state index contributed by atoms with van der Waals surface area (Å²) in [7, 11) is 1.64. The summed E-state index contributed by atoms with van der Waals surface area (Å²) in [4.78, 5) is 4.25. The maximum Gasteiger partial charge on any atom is 0.215 e. The Bertz CT molecular complexity index is 334. The van der Waals surface area contributed by atoms with Crippen LogP contribution < -0.4 is 10.5 Å². The van der Waals surface area contributed by atoms with E-state index in [-0.39, 0.29) is 5.41 Å². The SMILES string of the molecule is COc1ncc(CC(C)(C)CN)cc1C. The quantitative estimate of drug-likeness (QED) is 0.822. The fourth-order valence-electron chi connectivity index (χ4n) is 1.56. The predicted molar refractivity (Wildman–Crippen MR) is 62.1 cm³/mol. The van der Waals surface area contributed by atoms with Crippen LogP contribution in [0.25, 0.3) is 0 Å². The number of aromatic nitrogens is 1. The van der Waals surface area contributed by atoms with Crippen LogP contribution in [0.1, 0.15) is 25.0 Å². The maximum atomic E-state index is 5.70. The Morgan fingerprint density at radius 2 is 2.13 bits per heavy atom. The Hall–Kier alpha value is -1.09. The van der Waals surface area contributed by atoms with Crippen molar-refractivity contribution >= 4 is 0 Å². The molecule has 1 aromatic rings. The molecule has 0 aliphatic rings. The van der Waals surface area contributed by atoms with Gasteiger partial charge in [-0.15, -0.1) is 0 Å². The molecule has 0 saturated carbocycles. The first-order valence-corrected chi connectivity index (χ1v) is 5.18. The zero-order chi connectivity index (χ0) is 11.5. The second kappa shape index (κ2) is 4.62. The molecule has 0 unspecified atom stereocenters. The number of nitrogens with two attached hydrogens (primary N) is 1. The van der Waals surface area contributed by atoms with Crippen molar-refractivity contribution in [2.75, 3.05) is 13.7 Å². The molecule has 0 radical (unpaired) electrons. The van der Waals surface area contributed by atoms with Crippen molar-refractivity contribution in [1.29, 1.82) is 0 Å². The molecule has 0 saturated heterocycles. The van der Waals surface area contributed by atoms with Crippen LogP contribution in [0.3, 0.4) is 0 Å². The van der Waals surface area contributed by atoms with Gasteiger partial charge in [0.15, 0.2) is 0 Å². The third-order valence-corrected chi connectivity index (χ3v) is 2.52. The van der Waals surface area contributed by atoms with Crippen LogP contribution in [0.15, 0.2) is 12.3 Å². The summed E-state index contributed by atoms with van der Waals surface area (Å²) in [5.74, 6) is 0.698. The minimum absolute atomic E-state index is 0.128. The third kappa shape index (κ3) is 3.20. The highest BCUT2D eigenvalue weighted by Crippen LogP contribution is 2.22. The number of methoxy groups -OCH3 is 1. The molecule has 3 nitrogen and oxygen atoms in total. The van der Waals surface area contributed by atoms with Crippen LogP contribution in [0.4, 0.5) is 0 Å². The summed E-state index contributed by atoms with van der Waals surface area (Å²) in [6.45, 7) is 7.00. The van der Waals surface area contributed by atoms with Gasteiger partial charge >= 0.3 is 0 Å². The molecule has 0 spiro atoms. The first-order valence-electron chi connectivity index (χ1n) is 5.18. The highest BCUT2D eigenvalue weighted by Gasteiger charge is 2.16. The summed E-state index contributed by atoms with van der Waals surface area (Å²) in [6.07, 6.45) is 2.81. The molecule has 1 aromatic heterocycles. The number of hydrogen-bond donors (Lipinski definition) is 1. The molecule has 0 aliphatic carbocycles. The van der Waals surface area contributed by atoms with Crippen LogP contribution in [0, 0.1) is 12.3 Å². The van der Waals surface area contributed by atoms with Gasteiger partial charge in [0.25, 0.3) is 0 Å². The Morgan fingerprint density at radius 1 is 1.47 bits per heavy atom. The molecule has 3 heteroatoms. The highest BCUT2D eigenvalue weighted by molar-refractivity contribution is 5.29. The maximum absolute atomic E-state index is 5.70. The largest absolute Gasteiger partial charge is 0.481 e. The minimum Gasteiger partial charge on any atom is -0.481 e. The molecule has 2 N–H and O–H groups in total. The van der Waals surface area contributed by atoms with Gasteiger partial charge < -0.3 is 10.5 Å². The zero-order valence-corrected chi connectivity index (χ0v) is 10.0. The third-order valence-electron chi connectivity index (χ3n) is 2.52. The van der Waals surface area contributed by atoms with Gasteiger partial charge in [0.05, 0.1) is 7.11 Å². The van der Waals surface area contributed by atoms with E-state index in [1.54, 1.807) is 7.11 Å². The molecule has 0 fully saturated rings. The van der Waals surface area contributed by atoms with Crippen LogP contribution in [-0.2, 0) is 6.42 Å². The Labute approximate surface area is 91.7 Å². The average molecular weight is 208 g/mol. The van der Waals surface area contributed by atoms with E-state index < -0.39 is 0 Å². The van der Waals surface area contributed by atoms with Gasteiger partial charge in [-0.3, -0.25) is 0 Å². The second-order valence-corrected chi connectivity index (χ2v) is 4.71. The summed E-state index contributed by atoms with van der Waals surface area (Å²) in [5, 5.41) is 0. The second-order valence-electron chi connectivity index (χ2n) is 4.71. The molecule has 84 valence electrons. The van der Waals surface area contributed by atoms with Crippen molar-refractivity contribution in [3.05, 3.63) is 23.4 Å². The lowest BCUT2D eigenvalue weighted by atomic mass is 9.86.